The Morgan fingerprint density at radius 3 is 1.46 bits per heavy atom. The zero-order valence-corrected chi connectivity index (χ0v) is 25.6. The van der Waals surface area contributed by atoms with Gasteiger partial charge in [0.1, 0.15) is 0 Å². The minimum atomic E-state index is -0.157. The number of hydrogen-bond acceptors (Lipinski definition) is 0. The van der Waals surface area contributed by atoms with Gasteiger partial charge in [0.2, 0.25) is 0 Å². The Balaban J connectivity index is 3.95. The van der Waals surface area contributed by atoms with E-state index in [4.69, 9.17) is 0 Å². The van der Waals surface area contributed by atoms with E-state index in [1.54, 1.807) is 16.7 Å². The summed E-state index contributed by atoms with van der Waals surface area (Å²) in [4.78, 5) is 0. The summed E-state index contributed by atoms with van der Waals surface area (Å²) in [5, 5.41) is 0.745. The van der Waals surface area contributed by atoms with Crippen LogP contribution >= 0.6 is 7.92 Å². The Morgan fingerprint density at radius 2 is 1.21 bits per heavy atom. The SMILES string of the molecule is CCC1=C(CC)C(CC)(CC)C(C([CH](C)[Hf])P(C(C)(C)C)C(C)(C)C)=C1CC. The molecule has 0 heterocycles. The Labute approximate surface area is 194 Å². The Bertz CT molecular complexity index is 577. The third-order valence-electron chi connectivity index (χ3n) is 6.91. The molecule has 2 heteroatoms. The van der Waals surface area contributed by atoms with E-state index in [1.807, 2.05) is 5.57 Å². The maximum absolute atomic E-state index is 2.57. The van der Waals surface area contributed by atoms with E-state index in [9.17, 15) is 0 Å². The molecule has 1 rings (SSSR count). The quantitative estimate of drug-likeness (QED) is 0.202. The standard InChI is InChI=1S/C26H48P.Hf/c1-13-19-20(14-2)23(26(17-5,18-6)21(19)15-3)22(16-4)27(24(7,8)9)25(10,11)12;/h16,22H,13-15,17-18H2,1-12H3;. The summed E-state index contributed by atoms with van der Waals surface area (Å²) in [5.41, 5.74) is 8.32. The van der Waals surface area contributed by atoms with Crippen molar-refractivity contribution in [3.63, 3.8) is 0 Å². The molecule has 0 aromatic carbocycles. The van der Waals surface area contributed by atoms with Gasteiger partial charge in [-0.25, -0.2) is 0 Å². The molecule has 0 fully saturated rings. The number of allylic oxidation sites excluding steroid dienone is 4. The van der Waals surface area contributed by atoms with Crippen LogP contribution in [0.5, 0.6) is 0 Å². The van der Waals surface area contributed by atoms with Gasteiger partial charge in [0.25, 0.3) is 0 Å². The van der Waals surface area contributed by atoms with E-state index < -0.39 is 0 Å². The molecule has 0 aliphatic heterocycles. The van der Waals surface area contributed by atoms with Crippen molar-refractivity contribution < 1.29 is 24.4 Å². The van der Waals surface area contributed by atoms with E-state index in [1.165, 1.54) is 56.5 Å². The van der Waals surface area contributed by atoms with Crippen LogP contribution in [0.25, 0.3) is 0 Å². The fourth-order valence-electron chi connectivity index (χ4n) is 6.43. The molecule has 0 saturated carbocycles. The fraction of sp³-hybridized carbons (Fsp3) is 0.846. The topological polar surface area (TPSA) is 0 Å². The zero-order chi connectivity index (χ0) is 22.1. The van der Waals surface area contributed by atoms with Gasteiger partial charge in [0, 0.05) is 0 Å². The van der Waals surface area contributed by atoms with Crippen molar-refractivity contribution in [2.75, 3.05) is 0 Å². The van der Waals surface area contributed by atoms with E-state index in [0.717, 1.165) is 9.33 Å². The van der Waals surface area contributed by atoms with Gasteiger partial charge in [-0.3, -0.25) is 0 Å². The van der Waals surface area contributed by atoms with E-state index in [-0.39, 0.29) is 7.92 Å². The van der Waals surface area contributed by atoms with E-state index >= 15 is 0 Å². The molecule has 161 valence electrons. The number of hydrogen-bond donors (Lipinski definition) is 0. The second-order valence-corrected chi connectivity index (χ2v) is 17.9. The monoisotopic (exact) mass is 571 g/mol. The van der Waals surface area contributed by atoms with E-state index in [2.05, 4.69) is 83.1 Å². The molecular formula is C26H48HfP. The van der Waals surface area contributed by atoms with Crippen molar-refractivity contribution in [3.8, 4) is 0 Å². The minimum absolute atomic E-state index is 0.157. The molecule has 1 aliphatic carbocycles. The van der Waals surface area contributed by atoms with Crippen molar-refractivity contribution in [2.45, 2.75) is 135 Å². The summed E-state index contributed by atoms with van der Waals surface area (Å²) in [5.74, 6) is 0. The average molecular weight is 570 g/mol. The molecule has 0 aromatic heterocycles. The molecular weight excluding hydrogens is 522 g/mol. The maximum atomic E-state index is 2.57. The third kappa shape index (κ3) is 4.82. The summed E-state index contributed by atoms with van der Waals surface area (Å²) in [6, 6.07) is 0. The molecule has 0 bridgehead atoms. The fourth-order valence-corrected chi connectivity index (χ4v) is 13.4. The number of rotatable bonds is 8. The second-order valence-electron chi connectivity index (χ2n) is 10.6. The van der Waals surface area contributed by atoms with Gasteiger partial charge in [-0.15, -0.1) is 0 Å². The molecule has 0 amide bonds. The molecule has 1 aliphatic rings. The molecule has 28 heavy (non-hydrogen) atoms. The summed E-state index contributed by atoms with van der Waals surface area (Å²) >= 11 is 1.28. The van der Waals surface area contributed by atoms with Crippen LogP contribution in [0.3, 0.4) is 0 Å². The van der Waals surface area contributed by atoms with Crippen molar-refractivity contribution >= 4 is 7.92 Å². The normalized spacial score (nSPS) is 20.3. The van der Waals surface area contributed by atoms with Crippen LogP contribution in [0, 0.1) is 5.41 Å². The van der Waals surface area contributed by atoms with Gasteiger partial charge < -0.3 is 0 Å². The Kier molecular flexibility index (Phi) is 9.51. The molecule has 0 radical (unpaired) electrons. The average Bonchev–Trinajstić information content (AvgIpc) is 2.85. The van der Waals surface area contributed by atoms with Crippen LogP contribution in [0.4, 0.5) is 0 Å². The van der Waals surface area contributed by atoms with Gasteiger partial charge in [-0.1, -0.05) is 0 Å². The zero-order valence-electron chi connectivity index (χ0n) is 21.1. The van der Waals surface area contributed by atoms with Gasteiger partial charge in [-0.05, 0) is 0 Å². The molecule has 0 spiro atoms. The van der Waals surface area contributed by atoms with Crippen LogP contribution in [-0.2, 0) is 24.4 Å². The first-order chi connectivity index (χ1) is 12.8. The van der Waals surface area contributed by atoms with Crippen LogP contribution in [0.2, 0.25) is 3.67 Å². The summed E-state index contributed by atoms with van der Waals surface area (Å²) in [6.45, 7) is 29.9. The second kappa shape index (κ2) is 9.94. The predicted molar refractivity (Wildman–Crippen MR) is 128 cm³/mol. The molecule has 2 unspecified atom stereocenters. The Hall–Kier alpha value is 0.780. The van der Waals surface area contributed by atoms with Crippen molar-refractivity contribution in [1.82, 2.24) is 0 Å². The first-order valence-electron chi connectivity index (χ1n) is 11.7. The van der Waals surface area contributed by atoms with Gasteiger partial charge in [0.05, 0.1) is 0 Å². The Morgan fingerprint density at radius 1 is 0.786 bits per heavy atom. The van der Waals surface area contributed by atoms with Gasteiger partial charge in [-0.2, -0.15) is 0 Å². The summed E-state index contributed by atoms with van der Waals surface area (Å²) in [6.07, 6.45) is 6.20. The van der Waals surface area contributed by atoms with Gasteiger partial charge >= 0.3 is 195 Å². The molecule has 0 saturated heterocycles. The summed E-state index contributed by atoms with van der Waals surface area (Å²) < 4.78 is 0.827. The molecule has 0 nitrogen and oxygen atoms in total. The molecule has 0 aromatic rings. The first-order valence-corrected chi connectivity index (χ1v) is 15.2. The van der Waals surface area contributed by atoms with Crippen molar-refractivity contribution in [1.29, 1.82) is 0 Å². The first kappa shape index (κ1) is 26.8. The van der Waals surface area contributed by atoms with Crippen molar-refractivity contribution in [2.24, 2.45) is 5.41 Å². The van der Waals surface area contributed by atoms with Crippen LogP contribution in [0.1, 0.15) is 115 Å². The van der Waals surface area contributed by atoms with Crippen LogP contribution in [0.15, 0.2) is 22.3 Å². The van der Waals surface area contributed by atoms with E-state index in [0.29, 0.717) is 15.7 Å². The summed E-state index contributed by atoms with van der Waals surface area (Å²) in [7, 11) is -0.157. The molecule has 0 N–H and O–H groups in total. The van der Waals surface area contributed by atoms with Crippen LogP contribution in [-0.4, -0.2) is 16.0 Å². The van der Waals surface area contributed by atoms with Gasteiger partial charge in [0.15, 0.2) is 0 Å². The third-order valence-corrected chi connectivity index (χ3v) is 13.3. The van der Waals surface area contributed by atoms with Crippen LogP contribution < -0.4 is 0 Å². The van der Waals surface area contributed by atoms with Crippen molar-refractivity contribution in [3.05, 3.63) is 22.3 Å². The predicted octanol–water partition coefficient (Wildman–Crippen LogP) is 9.43. The molecule has 2 atom stereocenters.